The van der Waals surface area contributed by atoms with E-state index < -0.39 is 5.97 Å². The number of aryl methyl sites for hydroxylation is 2. The summed E-state index contributed by atoms with van der Waals surface area (Å²) in [5, 5.41) is 9.09. The first-order valence-electron chi connectivity index (χ1n) is 5.58. The summed E-state index contributed by atoms with van der Waals surface area (Å²) in [5.41, 5.74) is 1.05. The fraction of sp³-hybridized carbons (Fsp3) is 0.214. The molecule has 1 N–H and O–H groups in total. The molecule has 2 rings (SSSR count). The predicted octanol–water partition coefficient (Wildman–Crippen LogP) is 3.17. The number of carboxylic acids is 1. The van der Waals surface area contributed by atoms with E-state index in [0.717, 1.165) is 11.3 Å². The van der Waals surface area contributed by atoms with E-state index in [1.807, 2.05) is 32.0 Å². The molecule has 0 aliphatic rings. The molecule has 0 aliphatic heterocycles. The summed E-state index contributed by atoms with van der Waals surface area (Å²) in [6, 6.07) is 8.71. The third-order valence-electron chi connectivity index (χ3n) is 2.53. The predicted molar refractivity (Wildman–Crippen MR) is 65.9 cm³/mol. The van der Waals surface area contributed by atoms with E-state index in [9.17, 15) is 4.79 Å². The van der Waals surface area contributed by atoms with E-state index in [4.69, 9.17) is 14.3 Å². The molecule has 1 heterocycles. The van der Waals surface area contributed by atoms with E-state index in [0.29, 0.717) is 11.5 Å². The summed E-state index contributed by atoms with van der Waals surface area (Å²) in [5.74, 6) is 0.826. The van der Waals surface area contributed by atoms with Crippen LogP contribution in [-0.4, -0.2) is 11.1 Å². The molecule has 0 aliphatic carbocycles. The first kappa shape index (κ1) is 12.2. The highest BCUT2D eigenvalue weighted by atomic mass is 16.5. The Kier molecular flexibility index (Phi) is 3.37. The maximum Gasteiger partial charge on any atom is 0.339 e. The first-order valence-corrected chi connectivity index (χ1v) is 5.58. The van der Waals surface area contributed by atoms with Gasteiger partial charge in [0.2, 0.25) is 0 Å². The third kappa shape index (κ3) is 2.71. The highest BCUT2D eigenvalue weighted by Gasteiger charge is 2.12. The van der Waals surface area contributed by atoms with Crippen LogP contribution in [-0.2, 0) is 6.61 Å². The largest absolute Gasteiger partial charge is 0.485 e. The van der Waals surface area contributed by atoms with Crippen LogP contribution in [0.3, 0.4) is 0 Å². The molecule has 0 spiro atoms. The van der Waals surface area contributed by atoms with Gasteiger partial charge in [-0.2, -0.15) is 0 Å². The van der Waals surface area contributed by atoms with Gasteiger partial charge < -0.3 is 14.3 Å². The molecule has 0 atom stereocenters. The van der Waals surface area contributed by atoms with Crippen molar-refractivity contribution in [2.75, 3.05) is 0 Å². The lowest BCUT2D eigenvalue weighted by Crippen LogP contribution is -2.03. The Morgan fingerprint density at radius 3 is 2.67 bits per heavy atom. The Balaban J connectivity index is 2.16. The standard InChI is InChI=1S/C14H14O4/c1-9-3-6-13(12(7-9)14(15)16)17-8-11-5-4-10(2)18-11/h3-7H,8H2,1-2H3,(H,15,16). The minimum atomic E-state index is -0.996. The molecule has 2 aromatic rings. The molecule has 1 aromatic heterocycles. The summed E-state index contributed by atoms with van der Waals surface area (Å²) in [6.45, 7) is 3.90. The monoisotopic (exact) mass is 246 g/mol. The molecule has 0 unspecified atom stereocenters. The molecule has 18 heavy (non-hydrogen) atoms. The van der Waals surface area contributed by atoms with Crippen molar-refractivity contribution >= 4 is 5.97 Å². The average Bonchev–Trinajstić information content (AvgIpc) is 2.73. The van der Waals surface area contributed by atoms with Crippen molar-refractivity contribution in [3.63, 3.8) is 0 Å². The molecule has 0 saturated heterocycles. The van der Waals surface area contributed by atoms with Gasteiger partial charge in [0.1, 0.15) is 29.4 Å². The molecule has 0 amide bonds. The van der Waals surface area contributed by atoms with Crippen LogP contribution < -0.4 is 4.74 Å². The number of furan rings is 1. The van der Waals surface area contributed by atoms with Crippen LogP contribution in [0.25, 0.3) is 0 Å². The Bertz CT molecular complexity index is 569. The van der Waals surface area contributed by atoms with E-state index in [1.165, 1.54) is 0 Å². The maximum atomic E-state index is 11.1. The summed E-state index contributed by atoms with van der Waals surface area (Å²) in [6.07, 6.45) is 0. The molecule has 0 radical (unpaired) electrons. The molecule has 0 fully saturated rings. The van der Waals surface area contributed by atoms with Crippen LogP contribution in [0.5, 0.6) is 5.75 Å². The smallest absolute Gasteiger partial charge is 0.339 e. The van der Waals surface area contributed by atoms with Crippen molar-refractivity contribution < 1.29 is 19.1 Å². The third-order valence-corrected chi connectivity index (χ3v) is 2.53. The molecule has 4 nitrogen and oxygen atoms in total. The van der Waals surface area contributed by atoms with E-state index >= 15 is 0 Å². The maximum absolute atomic E-state index is 11.1. The Morgan fingerprint density at radius 1 is 1.28 bits per heavy atom. The van der Waals surface area contributed by atoms with Crippen LogP contribution in [0, 0.1) is 13.8 Å². The Hall–Kier alpha value is -2.23. The van der Waals surface area contributed by atoms with Crippen LogP contribution in [0.4, 0.5) is 0 Å². The number of aromatic carboxylic acids is 1. The van der Waals surface area contributed by atoms with Gasteiger partial charge >= 0.3 is 5.97 Å². The number of carboxylic acid groups (broad SMARTS) is 1. The minimum absolute atomic E-state index is 0.165. The highest BCUT2D eigenvalue weighted by molar-refractivity contribution is 5.91. The van der Waals surface area contributed by atoms with E-state index in [-0.39, 0.29) is 12.2 Å². The average molecular weight is 246 g/mol. The second-order valence-corrected chi connectivity index (χ2v) is 4.11. The summed E-state index contributed by atoms with van der Waals surface area (Å²) < 4.78 is 10.8. The highest BCUT2D eigenvalue weighted by Crippen LogP contribution is 2.21. The van der Waals surface area contributed by atoms with Crippen LogP contribution in [0.15, 0.2) is 34.7 Å². The molecule has 0 saturated carbocycles. The van der Waals surface area contributed by atoms with Crippen LogP contribution in [0.2, 0.25) is 0 Å². The lowest BCUT2D eigenvalue weighted by molar-refractivity contribution is 0.0691. The summed E-state index contributed by atoms with van der Waals surface area (Å²) in [7, 11) is 0. The van der Waals surface area contributed by atoms with Crippen LogP contribution in [0.1, 0.15) is 27.4 Å². The second-order valence-electron chi connectivity index (χ2n) is 4.11. The summed E-state index contributed by atoms with van der Waals surface area (Å²) >= 11 is 0. The minimum Gasteiger partial charge on any atom is -0.485 e. The normalized spacial score (nSPS) is 10.3. The van der Waals surface area contributed by atoms with Crippen molar-refractivity contribution in [2.45, 2.75) is 20.5 Å². The van der Waals surface area contributed by atoms with Crippen LogP contribution >= 0.6 is 0 Å². The number of hydrogen-bond acceptors (Lipinski definition) is 3. The van der Waals surface area contributed by atoms with Crippen molar-refractivity contribution in [2.24, 2.45) is 0 Å². The van der Waals surface area contributed by atoms with Crippen molar-refractivity contribution in [3.05, 3.63) is 53.0 Å². The number of ether oxygens (including phenoxy) is 1. The van der Waals surface area contributed by atoms with Crippen molar-refractivity contribution in [1.82, 2.24) is 0 Å². The van der Waals surface area contributed by atoms with Gasteiger partial charge in [0.15, 0.2) is 0 Å². The van der Waals surface area contributed by atoms with Crippen molar-refractivity contribution in [1.29, 1.82) is 0 Å². The Labute approximate surface area is 105 Å². The molecular formula is C14H14O4. The van der Waals surface area contributed by atoms with Gasteiger partial charge in [-0.25, -0.2) is 4.79 Å². The summed E-state index contributed by atoms with van der Waals surface area (Å²) in [4.78, 5) is 11.1. The number of benzene rings is 1. The topological polar surface area (TPSA) is 59.7 Å². The van der Waals surface area contributed by atoms with Gasteiger partial charge in [-0.05, 0) is 38.1 Å². The van der Waals surface area contributed by atoms with E-state index in [1.54, 1.807) is 12.1 Å². The van der Waals surface area contributed by atoms with Gasteiger partial charge in [0.05, 0.1) is 0 Å². The van der Waals surface area contributed by atoms with E-state index in [2.05, 4.69) is 0 Å². The molecular weight excluding hydrogens is 232 g/mol. The zero-order chi connectivity index (χ0) is 13.1. The van der Waals surface area contributed by atoms with Gasteiger partial charge in [-0.3, -0.25) is 0 Å². The first-order chi connectivity index (χ1) is 8.56. The molecule has 1 aromatic carbocycles. The Morgan fingerprint density at radius 2 is 2.06 bits per heavy atom. The number of rotatable bonds is 4. The van der Waals surface area contributed by atoms with Crippen molar-refractivity contribution in [3.8, 4) is 5.75 Å². The van der Waals surface area contributed by atoms with Gasteiger partial charge in [-0.1, -0.05) is 11.6 Å². The SMILES string of the molecule is Cc1ccc(OCc2ccc(C)o2)c(C(=O)O)c1. The second kappa shape index (κ2) is 4.96. The lowest BCUT2D eigenvalue weighted by Gasteiger charge is -2.08. The fourth-order valence-corrected chi connectivity index (χ4v) is 1.65. The molecule has 0 bridgehead atoms. The van der Waals surface area contributed by atoms with Gasteiger partial charge in [0, 0.05) is 0 Å². The number of hydrogen-bond donors (Lipinski definition) is 1. The zero-order valence-corrected chi connectivity index (χ0v) is 10.3. The fourth-order valence-electron chi connectivity index (χ4n) is 1.65. The van der Waals surface area contributed by atoms with Gasteiger partial charge in [-0.15, -0.1) is 0 Å². The van der Waals surface area contributed by atoms with Gasteiger partial charge in [0.25, 0.3) is 0 Å². The zero-order valence-electron chi connectivity index (χ0n) is 10.3. The number of carbonyl (C=O) groups is 1. The molecule has 4 heteroatoms. The quantitative estimate of drug-likeness (QED) is 0.900. The molecule has 94 valence electrons. The lowest BCUT2D eigenvalue weighted by atomic mass is 10.1.